The Hall–Kier alpha value is 0.110. The molecule has 7 heteroatoms. The summed E-state index contributed by atoms with van der Waals surface area (Å²) in [7, 11) is -3.44. The van der Waals surface area contributed by atoms with Crippen LogP contribution in [0.4, 0.5) is 0 Å². The van der Waals surface area contributed by atoms with E-state index in [2.05, 4.69) is 26.0 Å². The minimum Gasteiger partial charge on any atom is -0.274 e. The number of sulfonamides is 1. The zero-order valence-electron chi connectivity index (χ0n) is 7.86. The second-order valence-corrected chi connectivity index (χ2v) is 6.64. The molecule has 1 aliphatic rings. The van der Waals surface area contributed by atoms with Gasteiger partial charge in [-0.15, -0.1) is 0 Å². The van der Waals surface area contributed by atoms with Gasteiger partial charge in [0.1, 0.15) is 0 Å². The Kier molecular flexibility index (Phi) is 4.14. The van der Waals surface area contributed by atoms with Gasteiger partial charge in [-0.1, -0.05) is 0 Å². The topological polar surface area (TPSA) is 66.5 Å². The van der Waals surface area contributed by atoms with Crippen molar-refractivity contribution in [3.8, 4) is 0 Å². The highest BCUT2D eigenvalue weighted by Crippen LogP contribution is 2.19. The van der Waals surface area contributed by atoms with Gasteiger partial charge in [-0.3, -0.25) is 9.52 Å². The number of hydrogen-bond donors (Lipinski definition) is 1. The van der Waals surface area contributed by atoms with E-state index in [0.29, 0.717) is 12.8 Å². The first-order valence-electron chi connectivity index (χ1n) is 4.35. The van der Waals surface area contributed by atoms with E-state index in [1.54, 1.807) is 0 Å². The standard InChI is InChI=1S/C7H13IN2O3S/c1-6(11)9-14(12,13)7-2-4-10(8)5-3-7/h7H,2-5H2,1H3,(H,9,11). The predicted molar refractivity (Wildman–Crippen MR) is 61.4 cm³/mol. The van der Waals surface area contributed by atoms with Gasteiger partial charge in [-0.05, 0) is 12.8 Å². The molecule has 1 N–H and O–H groups in total. The van der Waals surface area contributed by atoms with Gasteiger partial charge in [0, 0.05) is 42.9 Å². The average Bonchev–Trinajstić information content (AvgIpc) is 2.02. The summed E-state index contributed by atoms with van der Waals surface area (Å²) in [5.74, 6) is -0.512. The normalized spacial score (nSPS) is 20.7. The van der Waals surface area contributed by atoms with Crippen molar-refractivity contribution in [1.29, 1.82) is 0 Å². The first-order valence-corrected chi connectivity index (χ1v) is 6.86. The van der Waals surface area contributed by atoms with Crippen LogP contribution in [0.15, 0.2) is 0 Å². The zero-order valence-corrected chi connectivity index (χ0v) is 10.8. The van der Waals surface area contributed by atoms with Crippen molar-refractivity contribution in [1.82, 2.24) is 7.84 Å². The Labute approximate surface area is 97.8 Å². The van der Waals surface area contributed by atoms with E-state index in [4.69, 9.17) is 0 Å². The molecule has 1 aliphatic heterocycles. The van der Waals surface area contributed by atoms with E-state index in [9.17, 15) is 13.2 Å². The van der Waals surface area contributed by atoms with Crippen molar-refractivity contribution in [2.45, 2.75) is 25.0 Å². The van der Waals surface area contributed by atoms with Gasteiger partial charge in [-0.25, -0.2) is 11.5 Å². The molecule has 5 nitrogen and oxygen atoms in total. The van der Waals surface area contributed by atoms with Crippen molar-refractivity contribution in [3.63, 3.8) is 0 Å². The molecule has 0 aromatic rings. The molecule has 1 fully saturated rings. The highest BCUT2D eigenvalue weighted by Gasteiger charge is 2.29. The molecule has 0 saturated carbocycles. The maximum atomic E-state index is 11.5. The van der Waals surface area contributed by atoms with Gasteiger partial charge in [0.25, 0.3) is 0 Å². The lowest BCUT2D eigenvalue weighted by Crippen LogP contribution is -2.42. The number of nitrogens with one attached hydrogen (secondary N) is 1. The van der Waals surface area contributed by atoms with Crippen LogP contribution >= 0.6 is 22.9 Å². The highest BCUT2D eigenvalue weighted by molar-refractivity contribution is 14.1. The summed E-state index contributed by atoms with van der Waals surface area (Å²) in [5, 5.41) is -0.419. The highest BCUT2D eigenvalue weighted by atomic mass is 127. The van der Waals surface area contributed by atoms with Crippen LogP contribution in [0.3, 0.4) is 0 Å². The van der Waals surface area contributed by atoms with Crippen LogP contribution in [0.1, 0.15) is 19.8 Å². The number of rotatable bonds is 2. The maximum Gasteiger partial charge on any atom is 0.237 e. The van der Waals surface area contributed by atoms with Crippen molar-refractivity contribution >= 4 is 38.8 Å². The molecule has 14 heavy (non-hydrogen) atoms. The predicted octanol–water partition coefficient (Wildman–Crippen LogP) is 0.267. The Morgan fingerprint density at radius 2 is 1.93 bits per heavy atom. The number of halogens is 1. The van der Waals surface area contributed by atoms with E-state index in [-0.39, 0.29) is 0 Å². The van der Waals surface area contributed by atoms with Gasteiger partial charge >= 0.3 is 0 Å². The first-order chi connectivity index (χ1) is 6.42. The molecule has 0 aromatic heterocycles. The number of carbonyl (C=O) groups is 1. The average molecular weight is 332 g/mol. The summed E-state index contributed by atoms with van der Waals surface area (Å²) in [6, 6.07) is 0. The van der Waals surface area contributed by atoms with Crippen LogP contribution in [0.5, 0.6) is 0 Å². The van der Waals surface area contributed by atoms with Crippen molar-refractivity contribution < 1.29 is 13.2 Å². The Balaban J connectivity index is 2.60. The van der Waals surface area contributed by atoms with Crippen LogP contribution in [0, 0.1) is 0 Å². The van der Waals surface area contributed by atoms with Crippen LogP contribution in [0.25, 0.3) is 0 Å². The van der Waals surface area contributed by atoms with Crippen molar-refractivity contribution in [2.75, 3.05) is 13.1 Å². The smallest absolute Gasteiger partial charge is 0.237 e. The second-order valence-electron chi connectivity index (χ2n) is 3.31. The molecule has 0 bridgehead atoms. The third-order valence-corrected chi connectivity index (χ3v) is 5.00. The van der Waals surface area contributed by atoms with Gasteiger partial charge in [0.2, 0.25) is 15.9 Å². The van der Waals surface area contributed by atoms with E-state index >= 15 is 0 Å². The summed E-state index contributed by atoms with van der Waals surface area (Å²) in [6.45, 7) is 2.72. The fraction of sp³-hybridized carbons (Fsp3) is 0.857. The molecular weight excluding hydrogens is 319 g/mol. The largest absolute Gasteiger partial charge is 0.274 e. The van der Waals surface area contributed by atoms with Gasteiger partial charge in [-0.2, -0.15) is 0 Å². The van der Waals surface area contributed by atoms with Crippen molar-refractivity contribution in [3.05, 3.63) is 0 Å². The maximum absolute atomic E-state index is 11.5. The van der Waals surface area contributed by atoms with Gasteiger partial charge in [0.15, 0.2) is 0 Å². The lowest BCUT2D eigenvalue weighted by atomic mass is 10.2. The molecule has 1 heterocycles. The number of amides is 1. The third kappa shape index (κ3) is 3.35. The first kappa shape index (κ1) is 12.2. The quantitative estimate of drug-likeness (QED) is 0.582. The van der Waals surface area contributed by atoms with Crippen LogP contribution in [-0.2, 0) is 14.8 Å². The van der Waals surface area contributed by atoms with Crippen LogP contribution in [0.2, 0.25) is 0 Å². The summed E-state index contributed by atoms with van der Waals surface area (Å²) < 4.78 is 27.2. The number of hydrogen-bond acceptors (Lipinski definition) is 4. The van der Waals surface area contributed by atoms with E-state index < -0.39 is 21.2 Å². The molecule has 1 saturated heterocycles. The SMILES string of the molecule is CC(=O)NS(=O)(=O)C1CCN(I)CC1. The molecule has 0 atom stereocenters. The van der Waals surface area contributed by atoms with E-state index in [0.717, 1.165) is 13.1 Å². The lowest BCUT2D eigenvalue weighted by molar-refractivity contribution is -0.117. The minimum absolute atomic E-state index is 0.419. The third-order valence-electron chi connectivity index (χ3n) is 2.11. The van der Waals surface area contributed by atoms with E-state index in [1.165, 1.54) is 6.92 Å². The monoisotopic (exact) mass is 332 g/mol. The summed E-state index contributed by atoms with van der Waals surface area (Å²) >= 11 is 2.17. The molecule has 0 aromatic carbocycles. The summed E-state index contributed by atoms with van der Waals surface area (Å²) in [4.78, 5) is 10.7. The molecule has 1 amide bonds. The Bertz CT molecular complexity index is 309. The molecule has 0 aliphatic carbocycles. The van der Waals surface area contributed by atoms with Gasteiger partial charge in [0.05, 0.1) is 5.25 Å². The van der Waals surface area contributed by atoms with E-state index in [1.807, 2.05) is 4.72 Å². The molecule has 0 spiro atoms. The molecule has 0 radical (unpaired) electrons. The Morgan fingerprint density at radius 1 is 1.43 bits per heavy atom. The molecule has 0 unspecified atom stereocenters. The van der Waals surface area contributed by atoms with Gasteiger partial charge < -0.3 is 0 Å². The van der Waals surface area contributed by atoms with Crippen molar-refractivity contribution in [2.24, 2.45) is 0 Å². The van der Waals surface area contributed by atoms with Crippen LogP contribution in [-0.4, -0.2) is 35.8 Å². The fourth-order valence-corrected chi connectivity index (χ4v) is 3.37. The summed E-state index contributed by atoms with van der Waals surface area (Å²) in [5.41, 5.74) is 0. The zero-order chi connectivity index (χ0) is 10.8. The Morgan fingerprint density at radius 3 is 2.36 bits per heavy atom. The molecule has 1 rings (SSSR count). The van der Waals surface area contributed by atoms with Crippen LogP contribution < -0.4 is 4.72 Å². The number of piperidine rings is 1. The minimum atomic E-state index is -3.44. The number of carbonyl (C=O) groups excluding carboxylic acids is 1. The lowest BCUT2D eigenvalue weighted by Gasteiger charge is -2.26. The second kappa shape index (κ2) is 4.75. The number of nitrogens with zero attached hydrogens (tertiary/aromatic N) is 1. The fourth-order valence-electron chi connectivity index (χ4n) is 1.42. The molecular formula is C7H13IN2O3S. The summed E-state index contributed by atoms with van der Waals surface area (Å²) in [6.07, 6.45) is 1.18. The molecule has 82 valence electrons.